The highest BCUT2D eigenvalue weighted by atomic mass is 16.5. The Hall–Kier alpha value is -1.04. The van der Waals surface area contributed by atoms with Crippen LogP contribution in [-0.4, -0.2) is 42.8 Å². The van der Waals surface area contributed by atoms with Crippen LogP contribution >= 0.6 is 0 Å². The molecule has 18 heavy (non-hydrogen) atoms. The van der Waals surface area contributed by atoms with Crippen LogP contribution in [0.4, 0.5) is 0 Å². The second-order valence-electron chi connectivity index (χ2n) is 5.04. The van der Waals surface area contributed by atoms with Crippen molar-refractivity contribution in [3.8, 4) is 5.75 Å². The number of rotatable bonds is 6. The molecule has 0 saturated heterocycles. The van der Waals surface area contributed by atoms with Crippen LogP contribution in [0.15, 0.2) is 18.2 Å². The third kappa shape index (κ3) is 4.33. The zero-order valence-corrected chi connectivity index (χ0v) is 11.6. The quantitative estimate of drug-likeness (QED) is 0.721. The molecule has 1 rings (SSSR count). The Morgan fingerprint density at radius 1 is 1.33 bits per heavy atom. The summed E-state index contributed by atoms with van der Waals surface area (Å²) in [4.78, 5) is 2.21. The summed E-state index contributed by atoms with van der Waals surface area (Å²) in [6.45, 7) is 6.13. The van der Waals surface area contributed by atoms with E-state index < -0.39 is 7.12 Å². The van der Waals surface area contributed by atoms with Crippen molar-refractivity contribution in [1.82, 2.24) is 4.90 Å². The van der Waals surface area contributed by atoms with Crippen molar-refractivity contribution >= 4 is 12.6 Å². The van der Waals surface area contributed by atoms with Crippen LogP contribution in [0.3, 0.4) is 0 Å². The molecular formula is C13H22BNO3. The molecule has 0 aliphatic rings. The van der Waals surface area contributed by atoms with Crippen LogP contribution in [0.1, 0.15) is 19.4 Å². The van der Waals surface area contributed by atoms with Crippen LogP contribution in [0.25, 0.3) is 0 Å². The molecule has 0 amide bonds. The normalized spacial score (nSPS) is 11.1. The first-order valence-electron chi connectivity index (χ1n) is 6.15. The summed E-state index contributed by atoms with van der Waals surface area (Å²) in [6, 6.07) is 5.50. The number of methoxy groups -OCH3 is 1. The minimum Gasteiger partial charge on any atom is -0.497 e. The van der Waals surface area contributed by atoms with Crippen molar-refractivity contribution in [1.29, 1.82) is 0 Å². The largest absolute Gasteiger partial charge is 0.497 e. The summed E-state index contributed by atoms with van der Waals surface area (Å²) < 4.78 is 5.10. The Morgan fingerprint density at radius 2 is 2.00 bits per heavy atom. The van der Waals surface area contributed by atoms with Crippen LogP contribution in [0, 0.1) is 5.92 Å². The Balaban J connectivity index is 2.81. The van der Waals surface area contributed by atoms with Crippen LogP contribution in [0.5, 0.6) is 5.75 Å². The van der Waals surface area contributed by atoms with Gasteiger partial charge in [-0.1, -0.05) is 26.0 Å². The van der Waals surface area contributed by atoms with Gasteiger partial charge in [0.2, 0.25) is 0 Å². The highest BCUT2D eigenvalue weighted by Gasteiger charge is 2.17. The van der Waals surface area contributed by atoms with Gasteiger partial charge < -0.3 is 19.7 Å². The Kier molecular flexibility index (Phi) is 5.66. The third-order valence-corrected chi connectivity index (χ3v) is 2.70. The van der Waals surface area contributed by atoms with E-state index in [1.165, 1.54) is 7.11 Å². The highest BCUT2D eigenvalue weighted by Crippen LogP contribution is 2.12. The van der Waals surface area contributed by atoms with Crippen molar-refractivity contribution in [2.75, 3.05) is 20.7 Å². The van der Waals surface area contributed by atoms with E-state index in [2.05, 4.69) is 25.8 Å². The molecule has 0 radical (unpaired) electrons. The summed E-state index contributed by atoms with van der Waals surface area (Å²) in [6.07, 6.45) is 0. The molecular weight excluding hydrogens is 229 g/mol. The van der Waals surface area contributed by atoms with Crippen molar-refractivity contribution < 1.29 is 14.8 Å². The molecule has 0 unspecified atom stereocenters. The zero-order chi connectivity index (χ0) is 13.7. The molecule has 0 aliphatic carbocycles. The fourth-order valence-corrected chi connectivity index (χ4v) is 2.08. The van der Waals surface area contributed by atoms with Crippen LogP contribution in [0.2, 0.25) is 0 Å². The van der Waals surface area contributed by atoms with Gasteiger partial charge >= 0.3 is 7.12 Å². The van der Waals surface area contributed by atoms with Gasteiger partial charge in [-0.25, -0.2) is 0 Å². The lowest BCUT2D eigenvalue weighted by molar-refractivity contribution is 0.288. The van der Waals surface area contributed by atoms with Crippen molar-refractivity contribution in [3.63, 3.8) is 0 Å². The Labute approximate surface area is 109 Å². The monoisotopic (exact) mass is 251 g/mol. The fraction of sp³-hybridized carbons (Fsp3) is 0.538. The summed E-state index contributed by atoms with van der Waals surface area (Å²) in [5, 5.41) is 18.6. The van der Waals surface area contributed by atoms with Crippen LogP contribution in [-0.2, 0) is 6.54 Å². The molecule has 0 atom stereocenters. The van der Waals surface area contributed by atoms with E-state index in [4.69, 9.17) is 4.74 Å². The third-order valence-electron chi connectivity index (χ3n) is 2.70. The summed E-state index contributed by atoms with van der Waals surface area (Å²) in [5.74, 6) is 1.11. The molecule has 1 aromatic carbocycles. The van der Waals surface area contributed by atoms with Crippen LogP contribution < -0.4 is 10.2 Å². The number of hydrogen-bond acceptors (Lipinski definition) is 4. The first-order valence-corrected chi connectivity index (χ1v) is 6.15. The predicted octanol–water partition coefficient (Wildman–Crippen LogP) is 0.463. The van der Waals surface area contributed by atoms with Gasteiger partial charge in [-0.2, -0.15) is 0 Å². The minimum atomic E-state index is -1.50. The lowest BCUT2D eigenvalue weighted by Crippen LogP contribution is -2.32. The second kappa shape index (κ2) is 6.78. The molecule has 5 heteroatoms. The van der Waals surface area contributed by atoms with Crippen molar-refractivity contribution in [3.05, 3.63) is 23.8 Å². The predicted molar refractivity (Wildman–Crippen MR) is 74.0 cm³/mol. The SMILES string of the molecule is COc1ccc(CN(C)CC(C)C)cc1B(O)O. The lowest BCUT2D eigenvalue weighted by atomic mass is 9.78. The maximum Gasteiger partial charge on any atom is 0.492 e. The number of hydrogen-bond donors (Lipinski definition) is 2. The topological polar surface area (TPSA) is 52.9 Å². The zero-order valence-electron chi connectivity index (χ0n) is 11.6. The van der Waals surface area contributed by atoms with Crippen molar-refractivity contribution in [2.45, 2.75) is 20.4 Å². The average molecular weight is 251 g/mol. The first-order chi connectivity index (χ1) is 8.43. The fourth-order valence-electron chi connectivity index (χ4n) is 2.08. The molecule has 0 spiro atoms. The molecule has 4 nitrogen and oxygen atoms in total. The smallest absolute Gasteiger partial charge is 0.492 e. The van der Waals surface area contributed by atoms with E-state index in [-0.39, 0.29) is 0 Å². The molecule has 1 aromatic rings. The molecule has 0 heterocycles. The number of benzene rings is 1. The van der Waals surface area contributed by atoms with Crippen molar-refractivity contribution in [2.24, 2.45) is 5.92 Å². The van der Waals surface area contributed by atoms with E-state index in [1.807, 2.05) is 6.07 Å². The highest BCUT2D eigenvalue weighted by molar-refractivity contribution is 6.59. The Morgan fingerprint density at radius 3 is 2.50 bits per heavy atom. The summed E-state index contributed by atoms with van der Waals surface area (Å²) in [7, 11) is 2.07. The maximum absolute atomic E-state index is 9.30. The molecule has 0 saturated carbocycles. The number of ether oxygens (including phenoxy) is 1. The first kappa shape index (κ1) is 15.0. The summed E-state index contributed by atoms with van der Waals surface area (Å²) >= 11 is 0. The van der Waals surface area contributed by atoms with Gasteiger partial charge in [0.1, 0.15) is 5.75 Å². The second-order valence-corrected chi connectivity index (χ2v) is 5.04. The average Bonchev–Trinajstić information content (AvgIpc) is 2.27. The molecule has 100 valence electrons. The molecule has 0 aliphatic heterocycles. The van der Waals surface area contributed by atoms with Gasteiger partial charge in [0.25, 0.3) is 0 Å². The molecule has 0 aromatic heterocycles. The maximum atomic E-state index is 9.30. The van der Waals surface area contributed by atoms with Gasteiger partial charge in [-0.05, 0) is 24.6 Å². The van der Waals surface area contributed by atoms with E-state index >= 15 is 0 Å². The minimum absolute atomic E-state index is 0.410. The van der Waals surface area contributed by atoms with E-state index in [0.717, 1.165) is 18.7 Å². The lowest BCUT2D eigenvalue weighted by Gasteiger charge is -2.19. The Bertz CT molecular complexity index is 382. The number of nitrogens with zero attached hydrogens (tertiary/aromatic N) is 1. The van der Waals surface area contributed by atoms with Gasteiger partial charge in [-0.3, -0.25) is 0 Å². The van der Waals surface area contributed by atoms with E-state index in [1.54, 1.807) is 12.1 Å². The van der Waals surface area contributed by atoms with E-state index in [9.17, 15) is 10.0 Å². The van der Waals surface area contributed by atoms with E-state index in [0.29, 0.717) is 17.1 Å². The molecule has 2 N–H and O–H groups in total. The van der Waals surface area contributed by atoms with Gasteiger partial charge in [0.05, 0.1) is 7.11 Å². The summed E-state index contributed by atoms with van der Waals surface area (Å²) in [5.41, 5.74) is 1.45. The van der Waals surface area contributed by atoms with Gasteiger partial charge in [0, 0.05) is 18.6 Å². The molecule has 0 bridgehead atoms. The molecule has 0 fully saturated rings. The standard InChI is InChI=1S/C13H22BNO3/c1-10(2)8-15(3)9-11-5-6-13(18-4)12(7-11)14(16)17/h5-7,10,16-17H,8-9H2,1-4H3. The van der Waals surface area contributed by atoms with Gasteiger partial charge in [-0.15, -0.1) is 0 Å². The van der Waals surface area contributed by atoms with Gasteiger partial charge in [0.15, 0.2) is 0 Å².